The number of rotatable bonds is 5. The number of carbonyl (C=O) groups is 2. The molecule has 1 aromatic carbocycles. The van der Waals surface area contributed by atoms with E-state index in [1.165, 1.54) is 0 Å². The van der Waals surface area contributed by atoms with E-state index in [0.29, 0.717) is 18.9 Å². The van der Waals surface area contributed by atoms with Crippen molar-refractivity contribution in [1.29, 1.82) is 5.26 Å². The van der Waals surface area contributed by atoms with Gasteiger partial charge in [0.05, 0.1) is 17.8 Å². The van der Waals surface area contributed by atoms with Crippen LogP contribution in [-0.2, 0) is 14.8 Å². The van der Waals surface area contributed by atoms with Gasteiger partial charge < -0.3 is 16.0 Å². The highest BCUT2D eigenvalue weighted by Gasteiger charge is 2.51. The van der Waals surface area contributed by atoms with Crippen molar-refractivity contribution in [3.63, 3.8) is 0 Å². The number of nitrogens with one attached hydrogen (secondary N) is 3. The Labute approximate surface area is 216 Å². The summed E-state index contributed by atoms with van der Waals surface area (Å²) in [4.78, 5) is 24.7. The first-order valence-corrected chi connectivity index (χ1v) is 14.2. The summed E-state index contributed by atoms with van der Waals surface area (Å²) in [6.07, 6.45) is 7.07. The normalized spacial score (nSPS) is 28.8. The van der Waals surface area contributed by atoms with E-state index in [0.717, 1.165) is 50.7 Å². The van der Waals surface area contributed by atoms with Crippen LogP contribution >= 0.6 is 0 Å². The summed E-state index contributed by atoms with van der Waals surface area (Å²) in [6, 6.07) is 2.16. The number of amides is 3. The Morgan fingerprint density at radius 2 is 1.95 bits per heavy atom. The highest BCUT2D eigenvalue weighted by molar-refractivity contribution is 7.90. The smallest absolute Gasteiger partial charge is 0.336 e. The van der Waals surface area contributed by atoms with Crippen molar-refractivity contribution in [1.82, 2.24) is 14.9 Å². The molecule has 3 aliphatic rings. The summed E-state index contributed by atoms with van der Waals surface area (Å²) in [6.45, 7) is 3.62. The SMILES string of the molecule is CC1CC(C#N)NCC1(C1CCCCCC1)[C@@H](C)NC(=O)CN1C(=O)Nc2ccc(F)c(F)c2S1(=O)=O. The number of anilines is 1. The largest absolute Gasteiger partial charge is 0.351 e. The molecule has 3 amide bonds. The molecule has 0 bridgehead atoms. The van der Waals surface area contributed by atoms with E-state index in [2.05, 4.69) is 28.9 Å². The second-order valence-electron chi connectivity index (χ2n) is 10.5. The summed E-state index contributed by atoms with van der Waals surface area (Å²) in [5.41, 5.74) is -0.756. The van der Waals surface area contributed by atoms with Gasteiger partial charge in [0.2, 0.25) is 5.91 Å². The van der Waals surface area contributed by atoms with Crippen LogP contribution in [0, 0.1) is 40.2 Å². The number of carbonyl (C=O) groups excluding carboxylic acids is 2. The zero-order chi connectivity index (χ0) is 27.0. The third kappa shape index (κ3) is 4.91. The van der Waals surface area contributed by atoms with E-state index < -0.39 is 51.1 Å². The monoisotopic (exact) mass is 537 g/mol. The average Bonchev–Trinajstić information content (AvgIpc) is 3.13. The van der Waals surface area contributed by atoms with Crippen LogP contribution in [0.5, 0.6) is 0 Å². The van der Waals surface area contributed by atoms with Gasteiger partial charge in [-0.2, -0.15) is 5.26 Å². The standard InChI is InChI=1S/C25H33F2N5O4S/c1-15-11-18(12-28)29-14-25(15,17-7-5-3-4-6-8-17)16(2)30-21(33)13-32-24(34)31-20-10-9-19(26)22(27)23(20)37(32,35)36/h9-10,15-18,29H,3-8,11,13-14H2,1-2H3,(H,30,33)(H,31,34)/t15?,16-,18?,25?/m1/s1. The van der Waals surface area contributed by atoms with Crippen LogP contribution in [0.25, 0.3) is 0 Å². The molecule has 0 spiro atoms. The van der Waals surface area contributed by atoms with Crippen LogP contribution in [-0.4, -0.2) is 49.8 Å². The van der Waals surface area contributed by atoms with Crippen LogP contribution in [0.2, 0.25) is 0 Å². The van der Waals surface area contributed by atoms with Crippen molar-refractivity contribution >= 4 is 27.6 Å². The molecule has 2 heterocycles. The Morgan fingerprint density at radius 1 is 1.27 bits per heavy atom. The molecule has 0 aromatic heterocycles. The zero-order valence-corrected chi connectivity index (χ0v) is 21.8. The quantitative estimate of drug-likeness (QED) is 0.493. The van der Waals surface area contributed by atoms with Crippen LogP contribution in [0.4, 0.5) is 19.3 Å². The lowest BCUT2D eigenvalue weighted by Crippen LogP contribution is -2.63. The van der Waals surface area contributed by atoms with Crippen LogP contribution in [0.15, 0.2) is 17.0 Å². The van der Waals surface area contributed by atoms with Crippen LogP contribution in [0.1, 0.15) is 58.8 Å². The van der Waals surface area contributed by atoms with Crippen molar-refractivity contribution in [2.75, 3.05) is 18.4 Å². The number of nitriles is 1. The Kier molecular flexibility index (Phi) is 7.76. The third-order valence-electron chi connectivity index (χ3n) is 8.47. The maximum Gasteiger partial charge on any atom is 0.336 e. The molecule has 2 fully saturated rings. The van der Waals surface area contributed by atoms with Crippen molar-refractivity contribution in [2.24, 2.45) is 17.3 Å². The molecule has 9 nitrogen and oxygen atoms in total. The molecule has 1 aromatic rings. The van der Waals surface area contributed by atoms with Crippen LogP contribution in [0.3, 0.4) is 0 Å². The van der Waals surface area contributed by atoms with E-state index in [1.807, 2.05) is 6.92 Å². The molecule has 1 saturated heterocycles. The fourth-order valence-corrected chi connectivity index (χ4v) is 8.01. The van der Waals surface area contributed by atoms with Gasteiger partial charge in [-0.05, 0) is 50.2 Å². The minimum absolute atomic E-state index is 0.0998. The molecule has 3 N–H and O–H groups in total. The minimum atomic E-state index is -4.81. The molecule has 1 aliphatic carbocycles. The summed E-state index contributed by atoms with van der Waals surface area (Å²) in [5, 5.41) is 17.9. The highest BCUT2D eigenvalue weighted by atomic mass is 32.2. The van der Waals surface area contributed by atoms with Gasteiger partial charge in [0.25, 0.3) is 10.0 Å². The van der Waals surface area contributed by atoms with E-state index in [9.17, 15) is 32.0 Å². The number of hydrogen-bond donors (Lipinski definition) is 3. The molecule has 2 aliphatic heterocycles. The Hall–Kier alpha value is -2.78. The Morgan fingerprint density at radius 3 is 2.57 bits per heavy atom. The Bertz CT molecular complexity index is 1210. The molecule has 0 radical (unpaired) electrons. The average molecular weight is 538 g/mol. The molecule has 4 atom stereocenters. The zero-order valence-electron chi connectivity index (χ0n) is 21.0. The van der Waals surface area contributed by atoms with Gasteiger partial charge in [0.1, 0.15) is 11.4 Å². The second-order valence-corrected chi connectivity index (χ2v) is 12.3. The molecule has 202 valence electrons. The van der Waals surface area contributed by atoms with Crippen molar-refractivity contribution < 1.29 is 26.8 Å². The van der Waals surface area contributed by atoms with Gasteiger partial charge in [-0.1, -0.05) is 32.6 Å². The van der Waals surface area contributed by atoms with E-state index in [1.54, 1.807) is 0 Å². The fourth-order valence-electron chi connectivity index (χ4n) is 6.51. The predicted octanol–water partition coefficient (Wildman–Crippen LogP) is 3.48. The van der Waals surface area contributed by atoms with E-state index in [-0.39, 0.29) is 27.4 Å². The number of halogens is 2. The molecular formula is C25H33F2N5O4S. The van der Waals surface area contributed by atoms with Crippen molar-refractivity contribution in [3.8, 4) is 6.07 Å². The minimum Gasteiger partial charge on any atom is -0.351 e. The number of hydrogen-bond acceptors (Lipinski definition) is 6. The van der Waals surface area contributed by atoms with Gasteiger partial charge >= 0.3 is 6.03 Å². The van der Waals surface area contributed by atoms with Gasteiger partial charge in [-0.15, -0.1) is 0 Å². The number of benzene rings is 1. The van der Waals surface area contributed by atoms with Crippen LogP contribution < -0.4 is 16.0 Å². The fraction of sp³-hybridized carbons (Fsp3) is 0.640. The number of piperidine rings is 1. The summed E-state index contributed by atoms with van der Waals surface area (Å²) >= 11 is 0. The lowest BCUT2D eigenvalue weighted by molar-refractivity contribution is -0.124. The summed E-state index contributed by atoms with van der Waals surface area (Å²) < 4.78 is 54.4. The molecule has 4 rings (SSSR count). The maximum absolute atomic E-state index is 14.4. The molecule has 37 heavy (non-hydrogen) atoms. The maximum atomic E-state index is 14.4. The Balaban J connectivity index is 1.57. The second kappa shape index (κ2) is 10.5. The molecule has 12 heteroatoms. The number of urea groups is 1. The number of sulfonamides is 1. The molecule has 3 unspecified atom stereocenters. The summed E-state index contributed by atoms with van der Waals surface area (Å²) in [7, 11) is -4.81. The highest BCUT2D eigenvalue weighted by Crippen LogP contribution is 2.48. The molecule has 1 saturated carbocycles. The van der Waals surface area contributed by atoms with Gasteiger partial charge in [-0.3, -0.25) is 4.79 Å². The van der Waals surface area contributed by atoms with Crippen molar-refractivity contribution in [3.05, 3.63) is 23.8 Å². The van der Waals surface area contributed by atoms with E-state index >= 15 is 0 Å². The van der Waals surface area contributed by atoms with Gasteiger partial charge in [0.15, 0.2) is 11.6 Å². The first-order valence-electron chi connectivity index (χ1n) is 12.8. The lowest BCUT2D eigenvalue weighted by atomic mass is 9.57. The van der Waals surface area contributed by atoms with Crippen molar-refractivity contribution in [2.45, 2.75) is 75.8 Å². The third-order valence-corrected chi connectivity index (χ3v) is 10.3. The number of fused-ring (bicyclic) bond motifs is 1. The topological polar surface area (TPSA) is 131 Å². The first kappa shape index (κ1) is 27.3. The molecular weight excluding hydrogens is 504 g/mol. The van der Waals surface area contributed by atoms with Gasteiger partial charge in [0, 0.05) is 18.0 Å². The predicted molar refractivity (Wildman–Crippen MR) is 132 cm³/mol. The van der Waals surface area contributed by atoms with Gasteiger partial charge in [-0.25, -0.2) is 26.3 Å². The van der Waals surface area contributed by atoms with E-state index in [4.69, 9.17) is 0 Å². The summed E-state index contributed by atoms with van der Waals surface area (Å²) in [5.74, 6) is -3.33. The lowest BCUT2D eigenvalue weighted by Gasteiger charge is -2.53. The number of nitrogens with zero attached hydrogens (tertiary/aromatic N) is 2. The first-order chi connectivity index (χ1) is 17.5.